The van der Waals surface area contributed by atoms with E-state index >= 15 is 0 Å². The van der Waals surface area contributed by atoms with Crippen molar-refractivity contribution in [2.24, 2.45) is 5.92 Å². The minimum atomic E-state index is 0.0710. The molecule has 1 saturated heterocycles. The molecule has 96 valence electrons. The molecule has 4 heteroatoms. The van der Waals surface area contributed by atoms with E-state index in [2.05, 4.69) is 23.2 Å². The van der Waals surface area contributed by atoms with Crippen LogP contribution in [-0.4, -0.2) is 37.4 Å². The Morgan fingerprint density at radius 3 is 2.94 bits per heavy atom. The lowest BCUT2D eigenvalue weighted by Crippen LogP contribution is -2.40. The zero-order valence-corrected chi connectivity index (χ0v) is 10.6. The summed E-state index contributed by atoms with van der Waals surface area (Å²) in [5, 5.41) is 21.8. The monoisotopic (exact) mass is 245 g/mol. The van der Waals surface area contributed by atoms with E-state index in [0.717, 1.165) is 25.3 Å². The number of nitrogens with one attached hydrogen (secondary N) is 1. The van der Waals surface area contributed by atoms with E-state index < -0.39 is 0 Å². The second-order valence-corrected chi connectivity index (χ2v) is 4.93. The van der Waals surface area contributed by atoms with Gasteiger partial charge in [0.2, 0.25) is 0 Å². The largest absolute Gasteiger partial charge is 0.395 e. The molecule has 1 aromatic rings. The Morgan fingerprint density at radius 1 is 1.44 bits per heavy atom. The number of aliphatic hydroxyl groups is 1. The first-order valence-electron chi connectivity index (χ1n) is 6.33. The fourth-order valence-corrected chi connectivity index (χ4v) is 2.38. The van der Waals surface area contributed by atoms with Crippen LogP contribution in [0, 0.1) is 17.2 Å². The maximum absolute atomic E-state index is 9.34. The molecule has 0 aromatic heterocycles. The van der Waals surface area contributed by atoms with Gasteiger partial charge >= 0.3 is 0 Å². The molecule has 2 N–H and O–H groups in total. The second-order valence-electron chi connectivity index (χ2n) is 4.93. The third-order valence-corrected chi connectivity index (χ3v) is 3.31. The minimum absolute atomic E-state index is 0.0710. The van der Waals surface area contributed by atoms with Crippen LogP contribution in [0.25, 0.3) is 0 Å². The maximum Gasteiger partial charge on any atom is 0.101 e. The average Bonchev–Trinajstić information content (AvgIpc) is 2.60. The van der Waals surface area contributed by atoms with Gasteiger partial charge in [-0.3, -0.25) is 0 Å². The molecule has 2 rings (SSSR count). The molecule has 0 spiro atoms. The van der Waals surface area contributed by atoms with Crippen LogP contribution < -0.4 is 10.2 Å². The molecule has 1 fully saturated rings. The fraction of sp³-hybridized carbons (Fsp3) is 0.500. The maximum atomic E-state index is 9.34. The molecule has 0 amide bonds. The Hall–Kier alpha value is -1.57. The van der Waals surface area contributed by atoms with E-state index in [0.29, 0.717) is 11.5 Å². The van der Waals surface area contributed by atoms with E-state index in [1.165, 1.54) is 0 Å². The fourth-order valence-electron chi connectivity index (χ4n) is 2.38. The smallest absolute Gasteiger partial charge is 0.101 e. The Kier molecular flexibility index (Phi) is 4.19. The van der Waals surface area contributed by atoms with Crippen LogP contribution >= 0.6 is 0 Å². The molecule has 18 heavy (non-hydrogen) atoms. The molecule has 0 radical (unpaired) electrons. The predicted molar refractivity (Wildman–Crippen MR) is 71.4 cm³/mol. The summed E-state index contributed by atoms with van der Waals surface area (Å²) in [5.41, 5.74) is 1.66. The van der Waals surface area contributed by atoms with Crippen molar-refractivity contribution in [1.29, 1.82) is 5.26 Å². The SMILES string of the molecule is CC1CNC(CO)CN(c2ccccc2C#N)C1. The lowest BCUT2D eigenvalue weighted by atomic mass is 10.1. The lowest BCUT2D eigenvalue weighted by molar-refractivity contribution is 0.247. The second kappa shape index (κ2) is 5.85. The van der Waals surface area contributed by atoms with Crippen molar-refractivity contribution >= 4 is 5.69 Å². The summed E-state index contributed by atoms with van der Waals surface area (Å²) in [6.07, 6.45) is 0. The molecular formula is C14H19N3O. The zero-order valence-electron chi connectivity index (χ0n) is 10.6. The van der Waals surface area contributed by atoms with Crippen molar-refractivity contribution in [3.8, 4) is 6.07 Å². The molecule has 0 saturated carbocycles. The van der Waals surface area contributed by atoms with Crippen molar-refractivity contribution in [3.05, 3.63) is 29.8 Å². The number of hydrogen-bond acceptors (Lipinski definition) is 4. The van der Waals surface area contributed by atoms with Crippen LogP contribution in [0.5, 0.6) is 0 Å². The normalized spacial score (nSPS) is 24.4. The number of anilines is 1. The van der Waals surface area contributed by atoms with Crippen LogP contribution in [0.15, 0.2) is 24.3 Å². The number of rotatable bonds is 2. The Morgan fingerprint density at radius 2 is 2.22 bits per heavy atom. The van der Waals surface area contributed by atoms with Crippen molar-refractivity contribution in [1.82, 2.24) is 5.32 Å². The third kappa shape index (κ3) is 2.81. The van der Waals surface area contributed by atoms with Crippen LogP contribution in [0.1, 0.15) is 12.5 Å². The average molecular weight is 245 g/mol. The van der Waals surface area contributed by atoms with Gasteiger partial charge in [0.15, 0.2) is 0 Å². The van der Waals surface area contributed by atoms with Gasteiger partial charge in [-0.2, -0.15) is 5.26 Å². The molecule has 1 aliphatic rings. The van der Waals surface area contributed by atoms with Crippen LogP contribution in [0.3, 0.4) is 0 Å². The Bertz CT molecular complexity index is 441. The molecule has 1 aliphatic heterocycles. The molecule has 0 aliphatic carbocycles. The molecule has 4 nitrogen and oxygen atoms in total. The summed E-state index contributed by atoms with van der Waals surface area (Å²) in [7, 11) is 0. The van der Waals surface area contributed by atoms with Crippen LogP contribution in [-0.2, 0) is 0 Å². The zero-order chi connectivity index (χ0) is 13.0. The molecule has 0 bridgehead atoms. The molecule has 1 heterocycles. The lowest BCUT2D eigenvalue weighted by Gasteiger charge is -2.27. The summed E-state index contributed by atoms with van der Waals surface area (Å²) in [5.74, 6) is 0.494. The number of nitriles is 1. The quantitative estimate of drug-likeness (QED) is 0.815. The molecule has 2 atom stereocenters. The Labute approximate surface area is 108 Å². The number of hydrogen-bond donors (Lipinski definition) is 2. The van der Waals surface area contributed by atoms with Gasteiger partial charge in [0.1, 0.15) is 6.07 Å². The standard InChI is InChI=1S/C14H19N3O/c1-11-7-16-13(10-18)9-17(8-11)14-5-3-2-4-12(14)6-15/h2-5,11,13,16,18H,7-10H2,1H3. The van der Waals surface area contributed by atoms with Crippen molar-refractivity contribution in [2.45, 2.75) is 13.0 Å². The van der Waals surface area contributed by atoms with Gasteiger partial charge in [0.05, 0.1) is 17.9 Å². The number of aliphatic hydroxyl groups excluding tert-OH is 1. The van der Waals surface area contributed by atoms with Gasteiger partial charge in [0.25, 0.3) is 0 Å². The summed E-state index contributed by atoms with van der Waals surface area (Å²) >= 11 is 0. The van der Waals surface area contributed by atoms with E-state index in [1.54, 1.807) is 0 Å². The highest BCUT2D eigenvalue weighted by Crippen LogP contribution is 2.22. The van der Waals surface area contributed by atoms with Gasteiger partial charge in [0, 0.05) is 19.1 Å². The van der Waals surface area contributed by atoms with Crippen molar-refractivity contribution < 1.29 is 5.11 Å². The van der Waals surface area contributed by atoms with E-state index in [4.69, 9.17) is 5.26 Å². The Balaban J connectivity index is 2.27. The number of nitrogens with zero attached hydrogens (tertiary/aromatic N) is 2. The highest BCUT2D eigenvalue weighted by Gasteiger charge is 2.22. The minimum Gasteiger partial charge on any atom is -0.395 e. The number of para-hydroxylation sites is 1. The number of benzene rings is 1. The molecule has 2 unspecified atom stereocenters. The van der Waals surface area contributed by atoms with Crippen LogP contribution in [0.2, 0.25) is 0 Å². The summed E-state index contributed by atoms with van der Waals surface area (Å²) in [4.78, 5) is 2.20. The van der Waals surface area contributed by atoms with E-state index in [1.807, 2.05) is 24.3 Å². The third-order valence-electron chi connectivity index (χ3n) is 3.31. The highest BCUT2D eigenvalue weighted by atomic mass is 16.3. The molecular weight excluding hydrogens is 226 g/mol. The van der Waals surface area contributed by atoms with Crippen molar-refractivity contribution in [2.75, 3.05) is 31.1 Å². The summed E-state index contributed by atoms with van der Waals surface area (Å²) in [6.45, 7) is 4.84. The first-order valence-corrected chi connectivity index (χ1v) is 6.33. The molecule has 1 aromatic carbocycles. The first kappa shape index (κ1) is 12.9. The predicted octanol–water partition coefficient (Wildman–Crippen LogP) is 0.965. The van der Waals surface area contributed by atoms with Gasteiger partial charge in [-0.1, -0.05) is 19.1 Å². The van der Waals surface area contributed by atoms with Gasteiger partial charge in [-0.05, 0) is 24.6 Å². The van der Waals surface area contributed by atoms with Crippen molar-refractivity contribution in [3.63, 3.8) is 0 Å². The topological polar surface area (TPSA) is 59.3 Å². The first-order chi connectivity index (χ1) is 8.74. The van der Waals surface area contributed by atoms with Gasteiger partial charge in [-0.25, -0.2) is 0 Å². The summed E-state index contributed by atoms with van der Waals surface area (Å²) in [6, 6.07) is 9.96. The van der Waals surface area contributed by atoms with Crippen LogP contribution in [0.4, 0.5) is 5.69 Å². The van der Waals surface area contributed by atoms with E-state index in [9.17, 15) is 5.11 Å². The van der Waals surface area contributed by atoms with Gasteiger partial charge < -0.3 is 15.3 Å². The highest BCUT2D eigenvalue weighted by molar-refractivity contribution is 5.59. The summed E-state index contributed by atoms with van der Waals surface area (Å²) < 4.78 is 0. The van der Waals surface area contributed by atoms with E-state index in [-0.39, 0.29) is 12.6 Å². The van der Waals surface area contributed by atoms with Gasteiger partial charge in [-0.15, -0.1) is 0 Å².